The van der Waals surface area contributed by atoms with Crippen molar-refractivity contribution in [1.29, 1.82) is 0 Å². The zero-order chi connectivity index (χ0) is 12.3. The molecule has 1 unspecified atom stereocenters. The lowest BCUT2D eigenvalue weighted by molar-refractivity contribution is 0.372. The Kier molecular flexibility index (Phi) is 3.39. The van der Waals surface area contributed by atoms with E-state index in [0.717, 1.165) is 31.2 Å². The maximum Gasteiger partial charge on any atom is 0.235 e. The fourth-order valence-corrected chi connectivity index (χ4v) is 2.59. The lowest BCUT2D eigenvalue weighted by atomic mass is 9.87. The number of halogens is 1. The smallest absolute Gasteiger partial charge is 0.235 e. The van der Waals surface area contributed by atoms with Gasteiger partial charge in [-0.15, -0.1) is 0 Å². The molecule has 17 heavy (non-hydrogen) atoms. The third kappa shape index (κ3) is 2.29. The van der Waals surface area contributed by atoms with Gasteiger partial charge in [0.25, 0.3) is 0 Å². The molecule has 1 aliphatic carbocycles. The first kappa shape index (κ1) is 12.0. The van der Waals surface area contributed by atoms with Crippen molar-refractivity contribution in [1.82, 2.24) is 0 Å². The minimum Gasteiger partial charge on any atom is -0.243 e. The highest BCUT2D eigenvalue weighted by Gasteiger charge is 2.35. The maximum atomic E-state index is 13.3. The van der Waals surface area contributed by atoms with E-state index in [1.807, 2.05) is 18.2 Å². The Hall–Kier alpha value is -1.47. The first-order chi connectivity index (χ1) is 8.18. The number of benzene rings is 1. The first-order valence-electron chi connectivity index (χ1n) is 6.01. The van der Waals surface area contributed by atoms with E-state index in [2.05, 4.69) is 4.99 Å². The van der Waals surface area contributed by atoms with Crippen LogP contribution in [-0.2, 0) is 10.3 Å². The van der Waals surface area contributed by atoms with Gasteiger partial charge in [-0.05, 0) is 30.9 Å². The van der Waals surface area contributed by atoms with E-state index in [-0.39, 0.29) is 0 Å². The first-order valence-corrected chi connectivity index (χ1v) is 6.01. The molecule has 2 nitrogen and oxygen atoms in total. The van der Waals surface area contributed by atoms with Gasteiger partial charge < -0.3 is 0 Å². The number of hydrogen-bond donors (Lipinski definition) is 0. The number of isocyanates is 1. The summed E-state index contributed by atoms with van der Waals surface area (Å²) in [5.41, 5.74) is 1.14. The van der Waals surface area contributed by atoms with Crippen molar-refractivity contribution in [3.8, 4) is 0 Å². The Bertz CT molecular complexity index is 443. The zero-order valence-corrected chi connectivity index (χ0v) is 9.95. The number of alkyl halides is 1. The van der Waals surface area contributed by atoms with Crippen LogP contribution in [0.15, 0.2) is 29.3 Å². The second kappa shape index (κ2) is 4.80. The van der Waals surface area contributed by atoms with Gasteiger partial charge in [-0.1, -0.05) is 37.1 Å². The van der Waals surface area contributed by atoms with Crippen LogP contribution in [0.3, 0.4) is 0 Å². The summed E-state index contributed by atoms with van der Waals surface area (Å²) in [5.74, 6) is 0. The van der Waals surface area contributed by atoms with Crippen LogP contribution in [0.1, 0.15) is 49.9 Å². The topological polar surface area (TPSA) is 29.4 Å². The molecule has 0 spiro atoms. The second-order valence-electron chi connectivity index (χ2n) is 4.68. The largest absolute Gasteiger partial charge is 0.243 e. The Labute approximate surface area is 101 Å². The molecule has 90 valence electrons. The lowest BCUT2D eigenvalue weighted by Gasteiger charge is -2.23. The van der Waals surface area contributed by atoms with Crippen molar-refractivity contribution >= 4 is 6.08 Å². The number of aliphatic imine (C=N–C) groups is 1. The van der Waals surface area contributed by atoms with Crippen LogP contribution < -0.4 is 0 Å². The van der Waals surface area contributed by atoms with Gasteiger partial charge in [0.1, 0.15) is 6.17 Å². The minimum absolute atomic E-state index is 0.452. The Balaban J connectivity index is 2.43. The van der Waals surface area contributed by atoms with Crippen LogP contribution in [-0.4, -0.2) is 6.08 Å². The predicted molar refractivity (Wildman–Crippen MR) is 64.2 cm³/mol. The molecule has 0 bridgehead atoms. The molecule has 0 aromatic heterocycles. The van der Waals surface area contributed by atoms with E-state index in [9.17, 15) is 9.18 Å². The zero-order valence-electron chi connectivity index (χ0n) is 9.95. The van der Waals surface area contributed by atoms with E-state index >= 15 is 0 Å². The van der Waals surface area contributed by atoms with Gasteiger partial charge in [-0.3, -0.25) is 0 Å². The molecular weight excluding hydrogens is 217 g/mol. The molecule has 0 N–H and O–H groups in total. The van der Waals surface area contributed by atoms with E-state index in [1.165, 1.54) is 6.92 Å². The average Bonchev–Trinajstić information content (AvgIpc) is 2.80. The average molecular weight is 233 g/mol. The van der Waals surface area contributed by atoms with Crippen LogP contribution >= 0.6 is 0 Å². The molecule has 2 rings (SSSR count). The Morgan fingerprint density at radius 1 is 1.41 bits per heavy atom. The van der Waals surface area contributed by atoms with Gasteiger partial charge in [0.15, 0.2) is 0 Å². The van der Waals surface area contributed by atoms with Crippen molar-refractivity contribution in [2.75, 3.05) is 0 Å². The molecule has 1 aromatic carbocycles. The van der Waals surface area contributed by atoms with Gasteiger partial charge in [-0.25, -0.2) is 9.18 Å². The van der Waals surface area contributed by atoms with Crippen LogP contribution in [0.25, 0.3) is 0 Å². The summed E-state index contributed by atoms with van der Waals surface area (Å²) in [4.78, 5) is 14.6. The molecule has 0 saturated heterocycles. The maximum absolute atomic E-state index is 13.3. The monoisotopic (exact) mass is 233 g/mol. The minimum atomic E-state index is -0.992. The summed E-state index contributed by atoms with van der Waals surface area (Å²) in [5, 5.41) is 0. The van der Waals surface area contributed by atoms with Gasteiger partial charge in [0.2, 0.25) is 6.08 Å². The van der Waals surface area contributed by atoms with E-state index < -0.39 is 11.7 Å². The number of rotatable bonds is 3. The lowest BCUT2D eigenvalue weighted by Crippen LogP contribution is -2.19. The third-order valence-electron chi connectivity index (χ3n) is 3.57. The Morgan fingerprint density at radius 3 is 2.71 bits per heavy atom. The normalized spacial score (nSPS) is 19.6. The SMILES string of the molecule is CC(F)c1cccc(C2(N=C=O)CCCC2)c1. The molecule has 0 radical (unpaired) electrons. The van der Waals surface area contributed by atoms with Crippen LogP contribution in [0.5, 0.6) is 0 Å². The summed E-state index contributed by atoms with van der Waals surface area (Å²) < 4.78 is 13.3. The van der Waals surface area contributed by atoms with Crippen LogP contribution in [0.2, 0.25) is 0 Å². The number of hydrogen-bond acceptors (Lipinski definition) is 2. The molecule has 0 aliphatic heterocycles. The molecule has 1 fully saturated rings. The quantitative estimate of drug-likeness (QED) is 0.576. The predicted octanol–water partition coefficient (Wildman–Crippen LogP) is 3.82. The van der Waals surface area contributed by atoms with Gasteiger partial charge in [0, 0.05) is 0 Å². The third-order valence-corrected chi connectivity index (χ3v) is 3.57. The Morgan fingerprint density at radius 2 is 2.12 bits per heavy atom. The highest BCUT2D eigenvalue weighted by atomic mass is 19.1. The fourth-order valence-electron chi connectivity index (χ4n) is 2.59. The van der Waals surface area contributed by atoms with Crippen molar-refractivity contribution in [3.63, 3.8) is 0 Å². The van der Waals surface area contributed by atoms with Crippen molar-refractivity contribution < 1.29 is 9.18 Å². The molecule has 1 saturated carbocycles. The number of carbonyl (C=O) groups excluding carboxylic acids is 1. The molecule has 1 aliphatic rings. The van der Waals surface area contributed by atoms with E-state index in [1.54, 1.807) is 12.1 Å². The molecule has 0 amide bonds. The molecular formula is C14H16FNO. The standard InChI is InChI=1S/C14H16FNO/c1-11(15)12-5-4-6-13(9-12)14(16-10-17)7-2-3-8-14/h4-6,9,11H,2-3,7-8H2,1H3. The summed E-state index contributed by atoms with van der Waals surface area (Å²) in [7, 11) is 0. The van der Waals surface area contributed by atoms with Gasteiger partial charge >= 0.3 is 0 Å². The van der Waals surface area contributed by atoms with Crippen LogP contribution in [0, 0.1) is 0 Å². The summed E-state index contributed by atoms with van der Waals surface area (Å²) in [6, 6.07) is 7.36. The second-order valence-corrected chi connectivity index (χ2v) is 4.68. The molecule has 1 atom stereocenters. The van der Waals surface area contributed by atoms with Crippen LogP contribution in [0.4, 0.5) is 4.39 Å². The van der Waals surface area contributed by atoms with Crippen molar-refractivity contribution in [2.45, 2.75) is 44.3 Å². The highest BCUT2D eigenvalue weighted by Crippen LogP contribution is 2.42. The summed E-state index contributed by atoms with van der Waals surface area (Å²) in [6.45, 7) is 1.52. The molecule has 0 heterocycles. The summed E-state index contributed by atoms with van der Waals surface area (Å²) >= 11 is 0. The van der Waals surface area contributed by atoms with Gasteiger partial charge in [0.05, 0.1) is 5.54 Å². The van der Waals surface area contributed by atoms with Crippen molar-refractivity contribution in [2.24, 2.45) is 4.99 Å². The van der Waals surface area contributed by atoms with E-state index in [0.29, 0.717) is 5.56 Å². The fraction of sp³-hybridized carbons (Fsp3) is 0.500. The highest BCUT2D eigenvalue weighted by molar-refractivity contribution is 5.40. The van der Waals surface area contributed by atoms with Crippen molar-refractivity contribution in [3.05, 3.63) is 35.4 Å². The number of nitrogens with zero attached hydrogens (tertiary/aromatic N) is 1. The van der Waals surface area contributed by atoms with E-state index in [4.69, 9.17) is 0 Å². The molecule has 3 heteroatoms. The summed E-state index contributed by atoms with van der Waals surface area (Å²) in [6.07, 6.45) is 4.51. The van der Waals surface area contributed by atoms with Gasteiger partial charge in [-0.2, -0.15) is 4.99 Å². The molecule has 1 aromatic rings.